The highest BCUT2D eigenvalue weighted by Crippen LogP contribution is 2.26. The third kappa shape index (κ3) is 3.78. The fourth-order valence-electron chi connectivity index (χ4n) is 3.78. The zero-order chi connectivity index (χ0) is 16.2. The molecule has 0 spiro atoms. The molecule has 0 aromatic heterocycles. The minimum atomic E-state index is 0.00196. The molecule has 23 heavy (non-hydrogen) atoms. The van der Waals surface area contributed by atoms with Gasteiger partial charge >= 0.3 is 0 Å². The van der Waals surface area contributed by atoms with Gasteiger partial charge in [0, 0.05) is 6.04 Å². The van der Waals surface area contributed by atoms with Gasteiger partial charge in [0.1, 0.15) is 5.75 Å². The number of nitrogens with zero attached hydrogens (tertiary/aromatic N) is 1. The number of hydrogen-bond acceptors (Lipinski definition) is 3. The van der Waals surface area contributed by atoms with Crippen LogP contribution < -0.4 is 15.1 Å². The Morgan fingerprint density at radius 3 is 2.57 bits per heavy atom. The number of rotatable bonds is 4. The lowest BCUT2D eigenvalue weighted by atomic mass is 10.1. The summed E-state index contributed by atoms with van der Waals surface area (Å²) in [6.07, 6.45) is 4.75. The maximum Gasteiger partial charge on any atom is 0.278 e. The van der Waals surface area contributed by atoms with Crippen LogP contribution in [0, 0.1) is 0 Å². The number of carbonyl (C=O) groups excluding carboxylic acids is 1. The van der Waals surface area contributed by atoms with E-state index in [0.29, 0.717) is 11.8 Å². The number of phenols is 1. The van der Waals surface area contributed by atoms with Crippen LogP contribution >= 0.6 is 0 Å². The lowest BCUT2D eigenvalue weighted by Gasteiger charge is -2.36. The van der Waals surface area contributed by atoms with Crippen LogP contribution in [-0.2, 0) is 4.79 Å². The number of hydrogen-bond donors (Lipinski definition) is 3. The van der Waals surface area contributed by atoms with E-state index in [4.69, 9.17) is 0 Å². The van der Waals surface area contributed by atoms with Crippen molar-refractivity contribution in [2.45, 2.75) is 44.7 Å². The van der Waals surface area contributed by atoms with Crippen molar-refractivity contribution in [2.75, 3.05) is 31.1 Å². The van der Waals surface area contributed by atoms with Gasteiger partial charge in [0.25, 0.3) is 5.91 Å². The van der Waals surface area contributed by atoms with Crippen molar-refractivity contribution >= 4 is 11.6 Å². The Labute approximate surface area is 138 Å². The van der Waals surface area contributed by atoms with Gasteiger partial charge in [-0.15, -0.1) is 0 Å². The molecule has 0 radical (unpaired) electrons. The smallest absolute Gasteiger partial charge is 0.278 e. The number of amides is 1. The normalized spacial score (nSPS) is 21.3. The molecule has 1 aromatic carbocycles. The zero-order valence-corrected chi connectivity index (χ0v) is 13.9. The van der Waals surface area contributed by atoms with Gasteiger partial charge in [-0.2, -0.15) is 0 Å². The second-order valence-electron chi connectivity index (χ2n) is 6.85. The number of anilines is 1. The molecule has 1 amide bonds. The van der Waals surface area contributed by atoms with E-state index in [2.05, 4.69) is 10.2 Å². The van der Waals surface area contributed by atoms with E-state index in [1.54, 1.807) is 6.07 Å². The van der Waals surface area contributed by atoms with Gasteiger partial charge in [-0.05, 0) is 31.9 Å². The molecule has 1 heterocycles. The summed E-state index contributed by atoms with van der Waals surface area (Å²) in [6, 6.07) is 7.87. The molecule has 1 aliphatic heterocycles. The highest BCUT2D eigenvalue weighted by Gasteiger charge is 2.31. The van der Waals surface area contributed by atoms with Crippen LogP contribution in [0.4, 0.5) is 5.69 Å². The minimum absolute atomic E-state index is 0.00196. The van der Waals surface area contributed by atoms with E-state index in [1.165, 1.54) is 17.7 Å². The molecule has 1 aliphatic carbocycles. The van der Waals surface area contributed by atoms with Crippen molar-refractivity contribution < 1.29 is 14.8 Å². The summed E-state index contributed by atoms with van der Waals surface area (Å²) in [5.41, 5.74) is 0.898. The van der Waals surface area contributed by atoms with E-state index in [-0.39, 0.29) is 11.9 Å². The molecule has 1 saturated heterocycles. The Balaban J connectivity index is 1.51. The SMILES string of the molecule is C[C@H](C(=O)NC1CCCC1)[NH+]1CCN(c2ccccc2O)CC1. The van der Waals surface area contributed by atoms with Crippen LogP contribution in [0.2, 0.25) is 0 Å². The number of benzene rings is 1. The van der Waals surface area contributed by atoms with Crippen molar-refractivity contribution in [3.05, 3.63) is 24.3 Å². The molecule has 126 valence electrons. The van der Waals surface area contributed by atoms with Gasteiger partial charge in [-0.3, -0.25) is 4.79 Å². The Morgan fingerprint density at radius 1 is 1.26 bits per heavy atom. The van der Waals surface area contributed by atoms with E-state index in [9.17, 15) is 9.90 Å². The molecular formula is C18H28N3O2+. The van der Waals surface area contributed by atoms with E-state index in [1.807, 2.05) is 25.1 Å². The maximum atomic E-state index is 12.4. The maximum absolute atomic E-state index is 12.4. The predicted octanol–water partition coefficient (Wildman–Crippen LogP) is 0.544. The molecule has 0 unspecified atom stereocenters. The largest absolute Gasteiger partial charge is 0.506 e. The van der Waals surface area contributed by atoms with Crippen LogP contribution in [0.25, 0.3) is 0 Å². The first-order valence-corrected chi connectivity index (χ1v) is 8.83. The first kappa shape index (κ1) is 16.1. The lowest BCUT2D eigenvalue weighted by molar-refractivity contribution is -0.914. The van der Waals surface area contributed by atoms with Crippen molar-refractivity contribution in [3.8, 4) is 5.75 Å². The van der Waals surface area contributed by atoms with Crippen LogP contribution in [-0.4, -0.2) is 49.3 Å². The highest BCUT2D eigenvalue weighted by molar-refractivity contribution is 5.80. The molecule has 1 saturated carbocycles. The Morgan fingerprint density at radius 2 is 1.91 bits per heavy atom. The van der Waals surface area contributed by atoms with E-state index >= 15 is 0 Å². The molecule has 1 atom stereocenters. The molecule has 2 fully saturated rings. The molecule has 1 aromatic rings. The predicted molar refractivity (Wildman–Crippen MR) is 90.9 cm³/mol. The summed E-state index contributed by atoms with van der Waals surface area (Å²) in [6.45, 7) is 5.62. The summed E-state index contributed by atoms with van der Waals surface area (Å²) in [4.78, 5) is 16.0. The Kier molecular flexibility index (Phi) is 5.06. The van der Waals surface area contributed by atoms with Crippen LogP contribution in [0.1, 0.15) is 32.6 Å². The number of quaternary nitrogens is 1. The van der Waals surface area contributed by atoms with Gasteiger partial charge in [-0.25, -0.2) is 0 Å². The summed E-state index contributed by atoms with van der Waals surface area (Å²) >= 11 is 0. The number of phenolic OH excluding ortho intramolecular Hbond substituents is 1. The third-order valence-corrected chi connectivity index (χ3v) is 5.34. The molecule has 3 N–H and O–H groups in total. The van der Waals surface area contributed by atoms with Gasteiger partial charge in [0.15, 0.2) is 6.04 Å². The average molecular weight is 318 g/mol. The quantitative estimate of drug-likeness (QED) is 0.760. The molecule has 5 heteroatoms. The number of piperazine rings is 1. The summed E-state index contributed by atoms with van der Waals surface area (Å²) in [7, 11) is 0. The van der Waals surface area contributed by atoms with Gasteiger partial charge in [-0.1, -0.05) is 25.0 Å². The Hall–Kier alpha value is -1.75. The molecular weight excluding hydrogens is 290 g/mol. The average Bonchev–Trinajstić information content (AvgIpc) is 3.08. The van der Waals surface area contributed by atoms with Gasteiger partial charge in [0.2, 0.25) is 0 Å². The summed E-state index contributed by atoms with van der Waals surface area (Å²) in [5.74, 6) is 0.533. The number of aromatic hydroxyl groups is 1. The topological polar surface area (TPSA) is 57.0 Å². The summed E-state index contributed by atoms with van der Waals surface area (Å²) in [5, 5.41) is 13.2. The minimum Gasteiger partial charge on any atom is -0.506 e. The molecule has 3 rings (SSSR count). The van der Waals surface area contributed by atoms with Gasteiger partial charge < -0.3 is 20.2 Å². The number of carbonyl (C=O) groups is 1. The van der Waals surface area contributed by atoms with Crippen molar-refractivity contribution in [1.29, 1.82) is 0 Å². The zero-order valence-electron chi connectivity index (χ0n) is 13.9. The molecule has 2 aliphatic rings. The van der Waals surface area contributed by atoms with Crippen LogP contribution in [0.3, 0.4) is 0 Å². The van der Waals surface area contributed by atoms with E-state index in [0.717, 1.165) is 44.7 Å². The lowest BCUT2D eigenvalue weighted by Crippen LogP contribution is -3.19. The van der Waals surface area contributed by atoms with Crippen molar-refractivity contribution in [1.82, 2.24) is 5.32 Å². The Bertz CT molecular complexity index is 535. The molecule has 5 nitrogen and oxygen atoms in total. The highest BCUT2D eigenvalue weighted by atomic mass is 16.3. The monoisotopic (exact) mass is 318 g/mol. The first-order valence-electron chi connectivity index (χ1n) is 8.83. The number of para-hydroxylation sites is 2. The fraction of sp³-hybridized carbons (Fsp3) is 0.611. The van der Waals surface area contributed by atoms with Gasteiger partial charge in [0.05, 0.1) is 31.9 Å². The van der Waals surface area contributed by atoms with Crippen molar-refractivity contribution in [2.24, 2.45) is 0 Å². The first-order chi connectivity index (χ1) is 11.1. The second-order valence-corrected chi connectivity index (χ2v) is 6.85. The van der Waals surface area contributed by atoms with Crippen molar-refractivity contribution in [3.63, 3.8) is 0 Å². The molecule has 0 bridgehead atoms. The van der Waals surface area contributed by atoms with Crippen LogP contribution in [0.5, 0.6) is 5.75 Å². The standard InChI is InChI=1S/C18H27N3O2/c1-14(18(23)19-15-6-2-3-7-15)20-10-12-21(13-11-20)16-8-4-5-9-17(16)22/h4-5,8-9,14-15,22H,2-3,6-7,10-13H2,1H3,(H,19,23)/p+1/t14-/m1/s1. The third-order valence-electron chi connectivity index (χ3n) is 5.34. The second kappa shape index (κ2) is 7.21. The fourth-order valence-corrected chi connectivity index (χ4v) is 3.78. The number of nitrogens with one attached hydrogen (secondary N) is 2. The van der Waals surface area contributed by atoms with E-state index < -0.39 is 0 Å². The summed E-state index contributed by atoms with van der Waals surface area (Å²) < 4.78 is 0. The van der Waals surface area contributed by atoms with Crippen LogP contribution in [0.15, 0.2) is 24.3 Å².